The van der Waals surface area contributed by atoms with Crippen LogP contribution < -0.4 is 20.9 Å². The number of halogens is 4. The summed E-state index contributed by atoms with van der Waals surface area (Å²) in [6.45, 7) is 10.8. The fourth-order valence-corrected chi connectivity index (χ4v) is 11.7. The molecule has 6 heterocycles. The summed E-state index contributed by atoms with van der Waals surface area (Å²) in [6.07, 6.45) is 3.09. The summed E-state index contributed by atoms with van der Waals surface area (Å²) < 4.78 is 48.4. The van der Waals surface area contributed by atoms with Crippen molar-refractivity contribution < 1.29 is 41.9 Å². The van der Waals surface area contributed by atoms with E-state index in [-0.39, 0.29) is 52.3 Å². The molecule has 3 aromatic heterocycles. The van der Waals surface area contributed by atoms with E-state index in [0.29, 0.717) is 132 Å². The van der Waals surface area contributed by atoms with Gasteiger partial charge in [-0.2, -0.15) is 13.2 Å². The van der Waals surface area contributed by atoms with Crippen LogP contribution in [-0.4, -0.2) is 151 Å². The van der Waals surface area contributed by atoms with Crippen LogP contribution in [0.2, 0.25) is 5.02 Å². The van der Waals surface area contributed by atoms with E-state index >= 15 is 0 Å². The molecule has 0 radical (unpaired) electrons. The third-order valence-corrected chi connectivity index (χ3v) is 16.4. The van der Waals surface area contributed by atoms with Gasteiger partial charge in [-0.15, -0.1) is 5.10 Å². The number of amides is 5. The number of piperidine rings is 2. The van der Waals surface area contributed by atoms with Crippen LogP contribution in [0.3, 0.4) is 0 Å². The van der Waals surface area contributed by atoms with E-state index in [1.165, 1.54) is 24.5 Å². The number of aromatic nitrogens is 6. The summed E-state index contributed by atoms with van der Waals surface area (Å²) in [5.41, 5.74) is 1.24. The summed E-state index contributed by atoms with van der Waals surface area (Å²) in [5.74, 6) is 0.0781. The van der Waals surface area contributed by atoms with Gasteiger partial charge in [-0.1, -0.05) is 65.3 Å². The predicted octanol–water partition coefficient (Wildman–Crippen LogP) is 8.71. The Bertz CT molecular complexity index is 3470. The maximum Gasteiger partial charge on any atom is 0.417 e. The summed E-state index contributed by atoms with van der Waals surface area (Å²) in [4.78, 5) is 88.2. The number of rotatable bonds is 17. The number of benzene rings is 4. The quantitative estimate of drug-likeness (QED) is 0.0674. The zero-order chi connectivity index (χ0) is 59.2. The second-order valence-electron chi connectivity index (χ2n) is 22.8. The lowest BCUT2D eigenvalue weighted by atomic mass is 9.85. The standard InChI is InChI=1S/C61H69ClF3N13O6/c1-59(2,3)84-58(83)71-60(24-32-76(33-25-60)54-49-19-27-66-53(49)68-39-69-54)57(82)70-51(42-14-16-44(62)17-15-42)22-28-74-34-36-75(37-35-74)52(79)23-31-78-38-45(72-73-78)18-26-67-55(80)43-12-10-40(11-13-43)41-20-29-77(30-21-41)56(81)48-8-4-7-47-46(48)6-5-9-50(47)61(63,64)65/h4-17,19,27,38-39,41,51H,18,20-26,28-37H2,1-3H3,(H,67,80)(H,70,82)(H,71,83)(H,66,68,69)/t51-/m0/s1. The Hall–Kier alpha value is -8.11. The molecule has 0 spiro atoms. The molecule has 19 nitrogen and oxygen atoms in total. The van der Waals surface area contributed by atoms with Gasteiger partial charge in [0.1, 0.15) is 28.9 Å². The van der Waals surface area contributed by atoms with Crippen molar-refractivity contribution in [2.75, 3.05) is 70.3 Å². The van der Waals surface area contributed by atoms with Crippen molar-refractivity contribution >= 4 is 68.9 Å². The highest BCUT2D eigenvalue weighted by molar-refractivity contribution is 6.30. The minimum atomic E-state index is -4.53. The van der Waals surface area contributed by atoms with Gasteiger partial charge in [0.25, 0.3) is 11.8 Å². The molecule has 3 saturated heterocycles. The molecule has 3 fully saturated rings. The Labute approximate surface area is 489 Å². The number of hydrogen-bond donors (Lipinski definition) is 4. The molecule has 7 aromatic rings. The number of carbonyl (C=O) groups is 5. The van der Waals surface area contributed by atoms with Crippen molar-refractivity contribution in [3.05, 3.63) is 148 Å². The van der Waals surface area contributed by atoms with Crippen LogP contribution in [0.15, 0.2) is 110 Å². The first-order valence-corrected chi connectivity index (χ1v) is 28.9. The van der Waals surface area contributed by atoms with Gasteiger partial charge in [-0.05, 0) is 123 Å². The molecule has 4 aromatic carbocycles. The van der Waals surface area contributed by atoms with Gasteiger partial charge in [-0.25, -0.2) is 14.8 Å². The number of aryl methyl sites for hydroxylation is 1. The third kappa shape index (κ3) is 14.1. The number of hydrogen-bond acceptors (Lipinski definition) is 12. The molecule has 4 N–H and O–H groups in total. The molecule has 0 unspecified atom stereocenters. The minimum absolute atomic E-state index is 0.00452. The average molecular weight is 1170 g/mol. The number of likely N-dealkylation sites (tertiary alicyclic amines) is 1. The van der Waals surface area contributed by atoms with Crippen LogP contribution in [-0.2, 0) is 33.5 Å². The van der Waals surface area contributed by atoms with E-state index in [9.17, 15) is 37.1 Å². The fourth-order valence-electron chi connectivity index (χ4n) is 11.5. The number of fused-ring (bicyclic) bond motifs is 2. The SMILES string of the molecule is CC(C)(C)OC(=O)NC1(C(=O)N[C@@H](CCN2CCN(C(=O)CCn3cc(CCNC(=O)c4ccc(C5CCN(C(=O)c6cccc7c(C(F)(F)F)cccc67)CC5)cc4)nn3)CC2)c2ccc(Cl)cc2)CCN(c2ncnc3[nH]ccc23)CC1. The largest absolute Gasteiger partial charge is 0.444 e. The number of ether oxygens (including phenoxy) is 1. The molecular formula is C61H69ClF3N13O6. The van der Waals surface area contributed by atoms with Crippen LogP contribution in [0.1, 0.15) is 114 Å². The molecule has 0 aliphatic carbocycles. The average Bonchev–Trinajstić information content (AvgIpc) is 3.01. The summed E-state index contributed by atoms with van der Waals surface area (Å²) >= 11 is 6.32. The van der Waals surface area contributed by atoms with Gasteiger partial charge in [-0.3, -0.25) is 28.8 Å². The Kier molecular flexibility index (Phi) is 17.9. The summed E-state index contributed by atoms with van der Waals surface area (Å²) in [5, 5.41) is 19.5. The van der Waals surface area contributed by atoms with Crippen molar-refractivity contribution in [1.82, 2.24) is 60.6 Å². The van der Waals surface area contributed by atoms with Crippen molar-refractivity contribution in [3.63, 3.8) is 0 Å². The molecule has 3 aliphatic heterocycles. The number of alkyl carbamates (subject to hydrolysis) is 1. The van der Waals surface area contributed by atoms with E-state index in [0.717, 1.165) is 28.4 Å². The molecule has 0 saturated carbocycles. The van der Waals surface area contributed by atoms with E-state index in [2.05, 4.69) is 51.0 Å². The van der Waals surface area contributed by atoms with E-state index in [4.69, 9.17) is 16.3 Å². The van der Waals surface area contributed by atoms with E-state index < -0.39 is 35.0 Å². The van der Waals surface area contributed by atoms with Gasteiger partial charge < -0.3 is 40.4 Å². The smallest absolute Gasteiger partial charge is 0.417 e. The van der Waals surface area contributed by atoms with Crippen molar-refractivity contribution in [2.24, 2.45) is 0 Å². The molecule has 442 valence electrons. The monoisotopic (exact) mass is 1170 g/mol. The van der Waals surface area contributed by atoms with Crippen molar-refractivity contribution in [2.45, 2.75) is 102 Å². The van der Waals surface area contributed by atoms with Crippen LogP contribution in [0.4, 0.5) is 23.8 Å². The number of nitrogens with zero attached hydrogens (tertiary/aromatic N) is 9. The van der Waals surface area contributed by atoms with E-state index in [1.54, 1.807) is 72.9 Å². The lowest BCUT2D eigenvalue weighted by Crippen LogP contribution is -2.64. The van der Waals surface area contributed by atoms with Crippen molar-refractivity contribution in [3.8, 4) is 0 Å². The summed E-state index contributed by atoms with van der Waals surface area (Å²) in [7, 11) is 0. The van der Waals surface area contributed by atoms with Crippen LogP contribution in [0.25, 0.3) is 21.8 Å². The van der Waals surface area contributed by atoms with E-state index in [1.807, 2.05) is 41.4 Å². The first-order valence-electron chi connectivity index (χ1n) is 28.6. The Morgan fingerprint density at radius 3 is 2.23 bits per heavy atom. The maximum atomic E-state index is 14.7. The van der Waals surface area contributed by atoms with Gasteiger partial charge in [0.2, 0.25) is 11.8 Å². The lowest BCUT2D eigenvalue weighted by Gasteiger charge is -2.42. The van der Waals surface area contributed by atoms with Crippen LogP contribution in [0.5, 0.6) is 0 Å². The number of carbonyl (C=O) groups excluding carboxylic acids is 5. The summed E-state index contributed by atoms with van der Waals surface area (Å²) in [6, 6.07) is 24.7. The second kappa shape index (κ2) is 25.4. The normalized spacial score (nSPS) is 16.6. The molecule has 0 bridgehead atoms. The molecule has 3 aliphatic rings. The first kappa shape index (κ1) is 59.1. The molecule has 84 heavy (non-hydrogen) atoms. The third-order valence-electron chi connectivity index (χ3n) is 16.2. The van der Waals surface area contributed by atoms with Gasteiger partial charge in [0, 0.05) is 107 Å². The first-order chi connectivity index (χ1) is 40.3. The highest BCUT2D eigenvalue weighted by Crippen LogP contribution is 2.37. The number of nitrogens with one attached hydrogen (secondary N) is 4. The highest BCUT2D eigenvalue weighted by atomic mass is 35.5. The fraction of sp³-hybridized carbons (Fsp3) is 0.426. The number of piperazine rings is 1. The molecule has 5 amide bonds. The molecule has 1 atom stereocenters. The number of alkyl halides is 3. The van der Waals surface area contributed by atoms with Crippen LogP contribution in [0, 0.1) is 0 Å². The zero-order valence-electron chi connectivity index (χ0n) is 47.3. The maximum absolute atomic E-state index is 14.7. The van der Waals surface area contributed by atoms with Gasteiger partial charge >= 0.3 is 12.3 Å². The van der Waals surface area contributed by atoms with Crippen LogP contribution >= 0.6 is 11.6 Å². The molecule has 10 rings (SSSR count). The minimum Gasteiger partial charge on any atom is -0.444 e. The second-order valence-corrected chi connectivity index (χ2v) is 23.3. The number of anilines is 1. The predicted molar refractivity (Wildman–Crippen MR) is 311 cm³/mol. The van der Waals surface area contributed by atoms with Crippen molar-refractivity contribution in [1.29, 1.82) is 0 Å². The number of aromatic amines is 1. The Balaban J connectivity index is 0.655. The Morgan fingerprint density at radius 2 is 1.51 bits per heavy atom. The zero-order valence-corrected chi connectivity index (χ0v) is 48.0. The molecule has 23 heteroatoms. The molecular weight excluding hydrogens is 1100 g/mol. The highest BCUT2D eigenvalue weighted by Gasteiger charge is 2.45. The Morgan fingerprint density at radius 1 is 0.798 bits per heavy atom. The topological polar surface area (TPSA) is 216 Å². The number of H-pyrrole nitrogens is 1. The van der Waals surface area contributed by atoms with Gasteiger partial charge in [0.05, 0.1) is 29.2 Å². The van der Waals surface area contributed by atoms with Gasteiger partial charge in [0.15, 0.2) is 0 Å². The lowest BCUT2D eigenvalue weighted by molar-refractivity contribution is -0.136.